The highest BCUT2D eigenvalue weighted by molar-refractivity contribution is 6.32. The van der Waals surface area contributed by atoms with E-state index >= 15 is 0 Å². The Kier molecular flexibility index (Phi) is 4.55. The van der Waals surface area contributed by atoms with E-state index < -0.39 is 0 Å². The molecular formula is C18H18ClN5O. The minimum Gasteiger partial charge on any atom is -0.319 e. The van der Waals surface area contributed by atoms with Gasteiger partial charge in [-0.25, -0.2) is 14.6 Å². The lowest BCUT2D eigenvalue weighted by atomic mass is 9.96. The Balaban J connectivity index is 1.75. The quantitative estimate of drug-likeness (QED) is 0.774. The number of nitrogens with zero attached hydrogens (tertiary/aromatic N) is 4. The van der Waals surface area contributed by atoms with E-state index in [1.807, 2.05) is 39.0 Å². The summed E-state index contributed by atoms with van der Waals surface area (Å²) >= 11 is 6.15. The molecule has 128 valence electrons. The monoisotopic (exact) mass is 355 g/mol. The number of rotatable bonds is 3. The zero-order chi connectivity index (χ0) is 18.0. The van der Waals surface area contributed by atoms with Crippen LogP contribution in [-0.2, 0) is 5.41 Å². The van der Waals surface area contributed by atoms with Gasteiger partial charge in [0.15, 0.2) is 0 Å². The SMILES string of the molecule is CC(C)(C)c1ncc(NC(=O)c2cnn(-c3ccccc3Cl)c2)cn1. The number of benzene rings is 1. The number of para-hydroxylation sites is 1. The molecule has 0 bridgehead atoms. The minimum absolute atomic E-state index is 0.140. The van der Waals surface area contributed by atoms with E-state index in [4.69, 9.17) is 11.6 Å². The summed E-state index contributed by atoms with van der Waals surface area (Å²) in [6.45, 7) is 6.09. The summed E-state index contributed by atoms with van der Waals surface area (Å²) in [6, 6.07) is 7.30. The molecule has 0 aliphatic heterocycles. The van der Waals surface area contributed by atoms with Crippen molar-refractivity contribution in [2.24, 2.45) is 0 Å². The summed E-state index contributed by atoms with van der Waals surface area (Å²) in [5.74, 6) is 0.433. The molecule has 0 saturated heterocycles. The van der Waals surface area contributed by atoms with Crippen molar-refractivity contribution in [3.8, 4) is 5.69 Å². The predicted octanol–water partition coefficient (Wildman–Crippen LogP) is 3.87. The summed E-state index contributed by atoms with van der Waals surface area (Å²) in [6.07, 6.45) is 6.32. The van der Waals surface area contributed by atoms with Gasteiger partial charge in [0, 0.05) is 11.6 Å². The molecule has 3 rings (SSSR count). The van der Waals surface area contributed by atoms with Gasteiger partial charge < -0.3 is 5.32 Å². The molecule has 0 aliphatic carbocycles. The van der Waals surface area contributed by atoms with Crippen molar-refractivity contribution in [2.45, 2.75) is 26.2 Å². The Morgan fingerprint density at radius 3 is 2.44 bits per heavy atom. The largest absolute Gasteiger partial charge is 0.319 e. The molecule has 3 aromatic rings. The molecular weight excluding hydrogens is 338 g/mol. The number of carbonyl (C=O) groups excluding carboxylic acids is 1. The van der Waals surface area contributed by atoms with Crippen molar-refractivity contribution in [3.05, 3.63) is 65.5 Å². The van der Waals surface area contributed by atoms with Gasteiger partial charge in [-0.15, -0.1) is 0 Å². The second-order valence-corrected chi connectivity index (χ2v) is 7.03. The number of anilines is 1. The minimum atomic E-state index is -0.287. The van der Waals surface area contributed by atoms with Gasteiger partial charge in [0.05, 0.1) is 40.6 Å². The highest BCUT2D eigenvalue weighted by Crippen LogP contribution is 2.20. The summed E-state index contributed by atoms with van der Waals surface area (Å²) in [4.78, 5) is 21.0. The molecule has 7 heteroatoms. The van der Waals surface area contributed by atoms with Crippen molar-refractivity contribution >= 4 is 23.2 Å². The molecule has 2 heterocycles. The van der Waals surface area contributed by atoms with Gasteiger partial charge >= 0.3 is 0 Å². The average molecular weight is 356 g/mol. The van der Waals surface area contributed by atoms with E-state index in [0.29, 0.717) is 22.0 Å². The van der Waals surface area contributed by atoms with Gasteiger partial charge in [-0.3, -0.25) is 4.79 Å². The Morgan fingerprint density at radius 2 is 1.80 bits per heavy atom. The number of carbonyl (C=O) groups is 1. The lowest BCUT2D eigenvalue weighted by Crippen LogP contribution is -2.17. The van der Waals surface area contributed by atoms with Gasteiger partial charge in [0.25, 0.3) is 5.91 Å². The van der Waals surface area contributed by atoms with E-state index in [-0.39, 0.29) is 11.3 Å². The molecule has 6 nitrogen and oxygen atoms in total. The summed E-state index contributed by atoms with van der Waals surface area (Å²) < 4.78 is 1.57. The molecule has 1 N–H and O–H groups in total. The second-order valence-electron chi connectivity index (χ2n) is 6.62. The van der Waals surface area contributed by atoms with E-state index in [0.717, 1.165) is 5.82 Å². The maximum absolute atomic E-state index is 12.4. The first-order chi connectivity index (χ1) is 11.8. The van der Waals surface area contributed by atoms with Gasteiger partial charge in [-0.2, -0.15) is 5.10 Å². The molecule has 25 heavy (non-hydrogen) atoms. The van der Waals surface area contributed by atoms with Crippen LogP contribution in [-0.4, -0.2) is 25.7 Å². The predicted molar refractivity (Wildman–Crippen MR) is 97.3 cm³/mol. The maximum Gasteiger partial charge on any atom is 0.258 e. The van der Waals surface area contributed by atoms with Gasteiger partial charge in [-0.1, -0.05) is 44.5 Å². The summed E-state index contributed by atoms with van der Waals surface area (Å²) in [5.41, 5.74) is 1.52. The fraction of sp³-hybridized carbons (Fsp3) is 0.222. The standard InChI is InChI=1S/C18H18ClN5O/c1-18(2,3)17-20-9-13(10-21-17)23-16(25)12-8-22-24(11-12)15-7-5-4-6-14(15)19/h4-11H,1-3H3,(H,23,25). The highest BCUT2D eigenvalue weighted by Gasteiger charge is 2.17. The highest BCUT2D eigenvalue weighted by atomic mass is 35.5. The van der Waals surface area contributed by atoms with Crippen LogP contribution in [0.2, 0.25) is 5.02 Å². The van der Waals surface area contributed by atoms with Crippen LogP contribution in [0.4, 0.5) is 5.69 Å². The maximum atomic E-state index is 12.4. The normalized spacial score (nSPS) is 11.4. The van der Waals surface area contributed by atoms with Crippen LogP contribution in [0.3, 0.4) is 0 Å². The van der Waals surface area contributed by atoms with Crippen LogP contribution in [0.15, 0.2) is 49.1 Å². The molecule has 0 aliphatic rings. The smallest absolute Gasteiger partial charge is 0.258 e. The zero-order valence-electron chi connectivity index (χ0n) is 14.2. The van der Waals surface area contributed by atoms with Crippen molar-refractivity contribution in [3.63, 3.8) is 0 Å². The molecule has 0 atom stereocenters. The molecule has 0 fully saturated rings. The van der Waals surface area contributed by atoms with Crippen LogP contribution < -0.4 is 5.32 Å². The number of aromatic nitrogens is 4. The number of hydrogen-bond acceptors (Lipinski definition) is 4. The lowest BCUT2D eigenvalue weighted by molar-refractivity contribution is 0.102. The van der Waals surface area contributed by atoms with E-state index in [1.165, 1.54) is 6.20 Å². The van der Waals surface area contributed by atoms with Crippen LogP contribution >= 0.6 is 11.6 Å². The molecule has 2 aromatic heterocycles. The third-order valence-corrected chi connectivity index (χ3v) is 3.84. The third-order valence-electron chi connectivity index (χ3n) is 3.52. The van der Waals surface area contributed by atoms with Crippen LogP contribution in [0.1, 0.15) is 37.0 Å². The van der Waals surface area contributed by atoms with Crippen molar-refractivity contribution in [1.82, 2.24) is 19.7 Å². The first-order valence-corrected chi connectivity index (χ1v) is 8.16. The Labute approximate surface area is 150 Å². The number of hydrogen-bond donors (Lipinski definition) is 1. The second kappa shape index (κ2) is 6.64. The average Bonchev–Trinajstić information content (AvgIpc) is 3.05. The van der Waals surface area contributed by atoms with Gasteiger partial charge in [-0.05, 0) is 12.1 Å². The molecule has 0 saturated carbocycles. The van der Waals surface area contributed by atoms with E-state index in [1.54, 1.807) is 29.3 Å². The summed E-state index contributed by atoms with van der Waals surface area (Å²) in [7, 11) is 0. The topological polar surface area (TPSA) is 72.7 Å². The van der Waals surface area contributed by atoms with Crippen LogP contribution in [0.5, 0.6) is 0 Å². The fourth-order valence-electron chi connectivity index (χ4n) is 2.19. The number of nitrogens with one attached hydrogen (secondary N) is 1. The van der Waals surface area contributed by atoms with Gasteiger partial charge in [0.1, 0.15) is 5.82 Å². The first-order valence-electron chi connectivity index (χ1n) is 7.78. The number of amides is 1. The van der Waals surface area contributed by atoms with Crippen LogP contribution in [0, 0.1) is 0 Å². The lowest BCUT2D eigenvalue weighted by Gasteiger charge is -2.16. The Morgan fingerprint density at radius 1 is 1.12 bits per heavy atom. The number of halogens is 1. The van der Waals surface area contributed by atoms with Crippen molar-refractivity contribution < 1.29 is 4.79 Å². The van der Waals surface area contributed by atoms with E-state index in [2.05, 4.69) is 20.4 Å². The fourth-order valence-corrected chi connectivity index (χ4v) is 2.41. The van der Waals surface area contributed by atoms with Crippen molar-refractivity contribution in [2.75, 3.05) is 5.32 Å². The molecule has 0 unspecified atom stereocenters. The first kappa shape index (κ1) is 17.1. The molecule has 0 radical (unpaired) electrons. The molecule has 0 spiro atoms. The Hall–Kier alpha value is -2.73. The van der Waals surface area contributed by atoms with Crippen molar-refractivity contribution in [1.29, 1.82) is 0 Å². The molecule has 1 amide bonds. The Bertz CT molecular complexity index is 896. The van der Waals surface area contributed by atoms with Gasteiger partial charge in [0.2, 0.25) is 0 Å². The zero-order valence-corrected chi connectivity index (χ0v) is 14.9. The molecule has 1 aromatic carbocycles. The third kappa shape index (κ3) is 3.85. The van der Waals surface area contributed by atoms with Crippen LogP contribution in [0.25, 0.3) is 5.69 Å². The summed E-state index contributed by atoms with van der Waals surface area (Å²) in [5, 5.41) is 7.52. The van der Waals surface area contributed by atoms with E-state index in [9.17, 15) is 4.79 Å².